The molecule has 0 amide bonds. The molecule has 1 heterocycles. The third-order valence-corrected chi connectivity index (χ3v) is 4.96. The van der Waals surface area contributed by atoms with Crippen molar-refractivity contribution >= 4 is 38.6 Å². The molecule has 0 N–H and O–H groups in total. The molecule has 3 rings (SSSR count). The molecule has 0 spiro atoms. The molecule has 0 aliphatic heterocycles. The van der Waals surface area contributed by atoms with Crippen LogP contribution >= 0.6 is 11.6 Å². The summed E-state index contributed by atoms with van der Waals surface area (Å²) in [6.45, 7) is 0. The molecule has 112 valence electrons. The fraction of sp³-hybridized carbons (Fsp3) is 0.0625. The largest absolute Gasteiger partial charge is 0.300 e. The van der Waals surface area contributed by atoms with E-state index in [0.29, 0.717) is 22.8 Å². The van der Waals surface area contributed by atoms with Crippen LogP contribution in [0.15, 0.2) is 53.4 Å². The Labute approximate surface area is 132 Å². The highest BCUT2D eigenvalue weighted by Crippen LogP contribution is 2.33. The maximum absolute atomic E-state index is 11.8. The third-order valence-electron chi connectivity index (χ3n) is 3.48. The maximum Gasteiger partial charge on any atom is 0.175 e. The molecule has 4 nitrogen and oxygen atoms in total. The van der Waals surface area contributed by atoms with Gasteiger partial charge in [-0.05, 0) is 24.3 Å². The summed E-state index contributed by atoms with van der Waals surface area (Å²) < 4.78 is 25.2. The van der Waals surface area contributed by atoms with E-state index in [2.05, 4.69) is 0 Å². The summed E-state index contributed by atoms with van der Waals surface area (Å²) >= 11 is 6.34. The van der Waals surface area contributed by atoms with E-state index in [-0.39, 0.29) is 10.0 Å². The number of nitrogens with zero attached hydrogens (tertiary/aromatic N) is 1. The Bertz CT molecular complexity index is 976. The van der Waals surface area contributed by atoms with Crippen molar-refractivity contribution in [1.82, 2.24) is 4.57 Å². The molecule has 0 saturated carbocycles. The van der Waals surface area contributed by atoms with Crippen molar-refractivity contribution in [3.8, 4) is 5.69 Å². The lowest BCUT2D eigenvalue weighted by Crippen LogP contribution is -1.98. The van der Waals surface area contributed by atoms with Crippen LogP contribution in [0.25, 0.3) is 16.6 Å². The van der Waals surface area contributed by atoms with Gasteiger partial charge in [0.05, 0.1) is 16.0 Å². The van der Waals surface area contributed by atoms with Gasteiger partial charge in [0.1, 0.15) is 5.15 Å². The molecule has 0 radical (unpaired) electrons. The molecule has 0 fully saturated rings. The number of fused-ring (bicyclic) bond motifs is 1. The van der Waals surface area contributed by atoms with Crippen molar-refractivity contribution in [2.75, 3.05) is 6.26 Å². The number of aldehydes is 1. The summed E-state index contributed by atoms with van der Waals surface area (Å²) in [4.78, 5) is 11.5. The van der Waals surface area contributed by atoms with E-state index in [0.717, 1.165) is 11.9 Å². The summed E-state index contributed by atoms with van der Waals surface area (Å²) in [5, 5.41) is 0.887. The van der Waals surface area contributed by atoms with E-state index in [1.807, 2.05) is 30.3 Å². The molecule has 0 aliphatic rings. The highest BCUT2D eigenvalue weighted by Gasteiger charge is 2.18. The van der Waals surface area contributed by atoms with Crippen LogP contribution in [0, 0.1) is 0 Å². The van der Waals surface area contributed by atoms with Gasteiger partial charge in [0, 0.05) is 17.3 Å². The number of rotatable bonds is 3. The molecule has 6 heteroatoms. The number of hydrogen-bond acceptors (Lipinski definition) is 3. The smallest absolute Gasteiger partial charge is 0.175 e. The van der Waals surface area contributed by atoms with Crippen LogP contribution < -0.4 is 0 Å². The Morgan fingerprint density at radius 1 is 1.09 bits per heavy atom. The molecular formula is C16H12ClNO3S. The molecule has 0 bridgehead atoms. The zero-order chi connectivity index (χ0) is 15.9. The Hall–Kier alpha value is -2.11. The highest BCUT2D eigenvalue weighted by molar-refractivity contribution is 7.90. The summed E-state index contributed by atoms with van der Waals surface area (Å²) in [6.07, 6.45) is 1.83. The first-order chi connectivity index (χ1) is 10.4. The summed E-state index contributed by atoms with van der Waals surface area (Å²) in [5.41, 5.74) is 1.69. The van der Waals surface area contributed by atoms with Crippen molar-refractivity contribution in [2.24, 2.45) is 0 Å². The molecule has 0 unspecified atom stereocenters. The SMILES string of the molecule is CS(=O)(=O)c1ccc2c(C=O)c(Cl)n(-c3ccccc3)c2c1. The topological polar surface area (TPSA) is 56.1 Å². The molecule has 2 aromatic carbocycles. The minimum absolute atomic E-state index is 0.184. The fourth-order valence-electron chi connectivity index (χ4n) is 2.43. The molecule has 0 atom stereocenters. The molecule has 0 aliphatic carbocycles. The van der Waals surface area contributed by atoms with Crippen molar-refractivity contribution < 1.29 is 13.2 Å². The molecular weight excluding hydrogens is 322 g/mol. The lowest BCUT2D eigenvalue weighted by Gasteiger charge is -2.07. The first-order valence-corrected chi connectivity index (χ1v) is 8.75. The predicted molar refractivity (Wildman–Crippen MR) is 86.8 cm³/mol. The van der Waals surface area contributed by atoms with Crippen LogP contribution in [0.3, 0.4) is 0 Å². The number of carbonyl (C=O) groups excluding carboxylic acids is 1. The van der Waals surface area contributed by atoms with E-state index in [9.17, 15) is 13.2 Å². The second-order valence-corrected chi connectivity index (χ2v) is 7.32. The van der Waals surface area contributed by atoms with Gasteiger partial charge in [-0.2, -0.15) is 0 Å². The van der Waals surface area contributed by atoms with Crippen LogP contribution in [-0.2, 0) is 9.84 Å². The van der Waals surface area contributed by atoms with Crippen LogP contribution in [0.1, 0.15) is 10.4 Å². The van der Waals surface area contributed by atoms with E-state index in [1.165, 1.54) is 12.1 Å². The second-order valence-electron chi connectivity index (χ2n) is 4.94. The van der Waals surface area contributed by atoms with Gasteiger partial charge < -0.3 is 0 Å². The average Bonchev–Trinajstić information content (AvgIpc) is 2.77. The molecule has 22 heavy (non-hydrogen) atoms. The maximum atomic E-state index is 11.8. The van der Waals surface area contributed by atoms with Gasteiger partial charge in [0.25, 0.3) is 0 Å². The standard InChI is InChI=1S/C16H12ClNO3S/c1-22(20,21)12-7-8-13-14(10-19)16(17)18(15(13)9-12)11-5-3-2-4-6-11/h2-10H,1H3. The normalized spacial score (nSPS) is 11.7. The van der Waals surface area contributed by atoms with Crippen molar-refractivity contribution in [1.29, 1.82) is 0 Å². The van der Waals surface area contributed by atoms with Crippen molar-refractivity contribution in [2.45, 2.75) is 4.90 Å². The predicted octanol–water partition coefficient (Wildman–Crippen LogP) is 3.50. The summed E-state index contributed by atoms with van der Waals surface area (Å²) in [6, 6.07) is 13.9. The number of hydrogen-bond donors (Lipinski definition) is 0. The van der Waals surface area contributed by atoms with E-state index < -0.39 is 9.84 Å². The number of aromatic nitrogens is 1. The summed E-state index contributed by atoms with van der Waals surface area (Å²) in [5.74, 6) is 0. The van der Waals surface area contributed by atoms with Gasteiger partial charge in [0.15, 0.2) is 16.1 Å². The van der Waals surface area contributed by atoms with Gasteiger partial charge in [-0.1, -0.05) is 35.9 Å². The number of sulfone groups is 1. The van der Waals surface area contributed by atoms with Gasteiger partial charge >= 0.3 is 0 Å². The van der Waals surface area contributed by atoms with Gasteiger partial charge in [0.2, 0.25) is 0 Å². The van der Waals surface area contributed by atoms with Crippen LogP contribution in [0.2, 0.25) is 5.15 Å². The third kappa shape index (κ3) is 2.32. The van der Waals surface area contributed by atoms with Crippen LogP contribution in [0.4, 0.5) is 0 Å². The van der Waals surface area contributed by atoms with E-state index in [4.69, 9.17) is 11.6 Å². The fourth-order valence-corrected chi connectivity index (χ4v) is 3.41. The zero-order valence-corrected chi connectivity index (χ0v) is 13.2. The van der Waals surface area contributed by atoms with E-state index >= 15 is 0 Å². The molecule has 0 saturated heterocycles. The van der Waals surface area contributed by atoms with Gasteiger partial charge in [-0.15, -0.1) is 0 Å². The van der Waals surface area contributed by atoms with Crippen molar-refractivity contribution in [3.63, 3.8) is 0 Å². The number of para-hydroxylation sites is 1. The number of halogens is 1. The minimum atomic E-state index is -3.35. The quantitative estimate of drug-likeness (QED) is 0.689. The monoisotopic (exact) mass is 333 g/mol. The van der Waals surface area contributed by atoms with Crippen LogP contribution in [-0.4, -0.2) is 25.5 Å². The lowest BCUT2D eigenvalue weighted by molar-refractivity contribution is 0.112. The molecule has 3 aromatic rings. The Morgan fingerprint density at radius 2 is 1.77 bits per heavy atom. The number of carbonyl (C=O) groups is 1. The summed E-state index contributed by atoms with van der Waals surface area (Å²) in [7, 11) is -3.35. The van der Waals surface area contributed by atoms with Crippen molar-refractivity contribution in [3.05, 3.63) is 59.2 Å². The molecule has 1 aromatic heterocycles. The average molecular weight is 334 g/mol. The Balaban J connectivity index is 2.44. The van der Waals surface area contributed by atoms with Crippen LogP contribution in [0.5, 0.6) is 0 Å². The first kappa shape index (κ1) is 14.8. The van der Waals surface area contributed by atoms with E-state index in [1.54, 1.807) is 10.6 Å². The first-order valence-electron chi connectivity index (χ1n) is 6.48. The van der Waals surface area contributed by atoms with Gasteiger partial charge in [-0.25, -0.2) is 8.42 Å². The Morgan fingerprint density at radius 3 is 2.36 bits per heavy atom. The minimum Gasteiger partial charge on any atom is -0.300 e. The zero-order valence-electron chi connectivity index (χ0n) is 11.7. The Kier molecular flexibility index (Phi) is 3.54. The van der Waals surface area contributed by atoms with Gasteiger partial charge in [-0.3, -0.25) is 9.36 Å². The number of benzene rings is 2. The lowest BCUT2D eigenvalue weighted by atomic mass is 10.2. The highest BCUT2D eigenvalue weighted by atomic mass is 35.5. The second kappa shape index (κ2) is 5.26.